The van der Waals surface area contributed by atoms with E-state index in [0.717, 1.165) is 16.9 Å². The number of carbonyl (C=O) groups is 1. The lowest BCUT2D eigenvalue weighted by Gasteiger charge is -2.21. The maximum Gasteiger partial charge on any atom is 0.276 e. The maximum absolute atomic E-state index is 12.7. The molecule has 1 aromatic heterocycles. The highest BCUT2D eigenvalue weighted by Gasteiger charge is 2.12. The smallest absolute Gasteiger partial charge is 0.276 e. The average Bonchev–Trinajstić information content (AvgIpc) is 2.71. The lowest BCUT2D eigenvalue weighted by atomic mass is 10.2. The molecule has 7 heteroatoms. The summed E-state index contributed by atoms with van der Waals surface area (Å²) in [5, 5.41) is 4.58. The number of hydrazone groups is 1. The monoisotopic (exact) mass is 437 g/mol. The fourth-order valence-electron chi connectivity index (χ4n) is 2.82. The van der Waals surface area contributed by atoms with Gasteiger partial charge in [-0.05, 0) is 80.4 Å². The number of ether oxygens (including phenoxy) is 1. The predicted molar refractivity (Wildman–Crippen MR) is 123 cm³/mol. The fourth-order valence-corrected chi connectivity index (χ4v) is 2.95. The molecule has 1 heterocycles. The summed E-state index contributed by atoms with van der Waals surface area (Å²) in [6.07, 6.45) is 3.14. The van der Waals surface area contributed by atoms with Crippen LogP contribution in [0.15, 0.2) is 76.8 Å². The number of rotatable bonds is 6. The van der Waals surface area contributed by atoms with Gasteiger partial charge in [0, 0.05) is 11.2 Å². The Labute approximate surface area is 186 Å². The Balaban J connectivity index is 1.65. The molecule has 0 saturated heterocycles. The van der Waals surface area contributed by atoms with Crippen molar-refractivity contribution in [2.24, 2.45) is 5.10 Å². The molecule has 0 aliphatic rings. The molecule has 31 heavy (non-hydrogen) atoms. The first-order valence-corrected chi connectivity index (χ1v) is 10.2. The van der Waals surface area contributed by atoms with Crippen molar-refractivity contribution in [3.63, 3.8) is 0 Å². The van der Waals surface area contributed by atoms with Crippen LogP contribution in [0.1, 0.15) is 42.3 Å². The molecular weight excluding hydrogens is 414 g/mol. The van der Waals surface area contributed by atoms with E-state index in [0.29, 0.717) is 11.6 Å². The normalized spacial score (nSPS) is 11.5. The molecule has 1 N–H and O–H groups in total. The first-order chi connectivity index (χ1) is 14.7. The van der Waals surface area contributed by atoms with Crippen LogP contribution in [-0.4, -0.2) is 22.3 Å². The van der Waals surface area contributed by atoms with Gasteiger partial charge < -0.3 is 9.30 Å². The zero-order chi connectivity index (χ0) is 22.4. The molecule has 0 saturated carbocycles. The lowest BCUT2D eigenvalue weighted by molar-refractivity contribution is 0.0953. The summed E-state index contributed by atoms with van der Waals surface area (Å²) in [5.74, 6) is 0.179. The van der Waals surface area contributed by atoms with Gasteiger partial charge in [-0.2, -0.15) is 5.10 Å². The van der Waals surface area contributed by atoms with E-state index < -0.39 is 11.5 Å². The summed E-state index contributed by atoms with van der Waals surface area (Å²) >= 11 is 5.90. The van der Waals surface area contributed by atoms with Gasteiger partial charge in [-0.1, -0.05) is 23.7 Å². The summed E-state index contributed by atoms with van der Waals surface area (Å²) in [4.78, 5) is 25.1. The van der Waals surface area contributed by atoms with Crippen molar-refractivity contribution >= 4 is 23.7 Å². The minimum absolute atomic E-state index is 0.0162. The van der Waals surface area contributed by atoms with Crippen molar-refractivity contribution < 1.29 is 9.53 Å². The Morgan fingerprint density at radius 2 is 1.77 bits per heavy atom. The van der Waals surface area contributed by atoms with E-state index in [1.165, 1.54) is 16.8 Å². The van der Waals surface area contributed by atoms with Crippen LogP contribution in [-0.2, 0) is 6.54 Å². The summed E-state index contributed by atoms with van der Waals surface area (Å²) in [5.41, 5.74) is 3.44. The first kappa shape index (κ1) is 22.3. The Kier molecular flexibility index (Phi) is 6.92. The van der Waals surface area contributed by atoms with Crippen molar-refractivity contribution in [1.29, 1.82) is 0 Å². The van der Waals surface area contributed by atoms with E-state index in [4.69, 9.17) is 16.3 Å². The zero-order valence-electron chi connectivity index (χ0n) is 17.6. The van der Waals surface area contributed by atoms with E-state index in [1.807, 2.05) is 57.2 Å². The lowest BCUT2D eigenvalue weighted by Crippen LogP contribution is -2.30. The van der Waals surface area contributed by atoms with Crippen molar-refractivity contribution in [2.45, 2.75) is 32.9 Å². The molecule has 0 fully saturated rings. The fraction of sp³-hybridized carbons (Fsp3) is 0.208. The molecule has 3 aromatic rings. The maximum atomic E-state index is 12.7. The summed E-state index contributed by atoms with van der Waals surface area (Å²) in [6.45, 7) is 6.27. The highest BCUT2D eigenvalue weighted by atomic mass is 35.5. The van der Waals surface area contributed by atoms with Gasteiger partial charge in [0.25, 0.3) is 11.5 Å². The molecule has 0 spiro atoms. The Morgan fingerprint density at radius 1 is 1.10 bits per heavy atom. The van der Waals surface area contributed by atoms with Gasteiger partial charge in [0.05, 0.1) is 12.8 Å². The van der Waals surface area contributed by atoms with Crippen LogP contribution < -0.4 is 15.7 Å². The minimum Gasteiger partial charge on any atom is -0.488 e. The number of hydrogen-bond donors (Lipinski definition) is 1. The number of aromatic nitrogens is 1. The molecule has 3 rings (SSSR count). The third-order valence-electron chi connectivity index (χ3n) is 4.21. The summed E-state index contributed by atoms with van der Waals surface area (Å²) < 4.78 is 7.24. The largest absolute Gasteiger partial charge is 0.488 e. The average molecular weight is 438 g/mol. The first-order valence-electron chi connectivity index (χ1n) is 9.78. The topological polar surface area (TPSA) is 72.7 Å². The third-order valence-corrected chi connectivity index (χ3v) is 4.47. The minimum atomic E-state index is -0.570. The molecule has 160 valence electrons. The Morgan fingerprint density at radius 3 is 2.42 bits per heavy atom. The van der Waals surface area contributed by atoms with E-state index in [2.05, 4.69) is 10.5 Å². The van der Waals surface area contributed by atoms with Crippen LogP contribution in [0.2, 0.25) is 5.02 Å². The zero-order valence-corrected chi connectivity index (χ0v) is 18.4. The SMILES string of the molecule is CC(C)(C)Oc1ccc(/C=N\NC(=O)c2cccn(Cc3ccc(Cl)cc3)c2=O)cc1. The summed E-state index contributed by atoms with van der Waals surface area (Å²) in [7, 11) is 0. The molecule has 2 aromatic carbocycles. The van der Waals surface area contributed by atoms with Gasteiger partial charge in [0.15, 0.2) is 0 Å². The number of hydrogen-bond acceptors (Lipinski definition) is 4. The van der Waals surface area contributed by atoms with Gasteiger partial charge in [0.2, 0.25) is 0 Å². The van der Waals surface area contributed by atoms with Crippen LogP contribution in [0, 0.1) is 0 Å². The molecule has 1 amide bonds. The highest BCUT2D eigenvalue weighted by Crippen LogP contribution is 2.18. The van der Waals surface area contributed by atoms with Crippen LogP contribution in [0.4, 0.5) is 0 Å². The number of benzene rings is 2. The van der Waals surface area contributed by atoms with Gasteiger partial charge in [-0.25, -0.2) is 5.43 Å². The van der Waals surface area contributed by atoms with Gasteiger partial charge in [-0.15, -0.1) is 0 Å². The quantitative estimate of drug-likeness (QED) is 0.456. The van der Waals surface area contributed by atoms with Crippen LogP contribution in [0.5, 0.6) is 5.75 Å². The van der Waals surface area contributed by atoms with E-state index in [9.17, 15) is 9.59 Å². The number of nitrogens with zero attached hydrogens (tertiary/aromatic N) is 2. The van der Waals surface area contributed by atoms with E-state index >= 15 is 0 Å². The second-order valence-corrected chi connectivity index (χ2v) is 8.40. The van der Waals surface area contributed by atoms with Crippen molar-refractivity contribution in [1.82, 2.24) is 9.99 Å². The van der Waals surface area contributed by atoms with Gasteiger partial charge in [0.1, 0.15) is 16.9 Å². The third kappa shape index (κ3) is 6.55. The standard InChI is InChI=1S/C24H24ClN3O3/c1-24(2,3)31-20-12-8-17(9-13-20)15-26-27-22(29)21-5-4-14-28(23(21)30)16-18-6-10-19(25)11-7-18/h4-15H,16H2,1-3H3,(H,27,29)/b26-15-. The second kappa shape index (κ2) is 9.62. The summed E-state index contributed by atoms with van der Waals surface area (Å²) in [6, 6.07) is 17.7. The molecule has 0 unspecified atom stereocenters. The second-order valence-electron chi connectivity index (χ2n) is 7.96. The van der Waals surface area contributed by atoms with Crippen molar-refractivity contribution in [3.05, 3.63) is 98.9 Å². The molecule has 0 aliphatic heterocycles. The van der Waals surface area contributed by atoms with Gasteiger partial charge in [-0.3, -0.25) is 9.59 Å². The molecule has 6 nitrogen and oxygen atoms in total. The molecular formula is C24H24ClN3O3. The van der Waals surface area contributed by atoms with E-state index in [-0.39, 0.29) is 11.2 Å². The van der Waals surface area contributed by atoms with Crippen molar-refractivity contribution in [3.8, 4) is 5.75 Å². The molecule has 0 atom stereocenters. The predicted octanol–water partition coefficient (Wildman–Crippen LogP) is 4.49. The van der Waals surface area contributed by atoms with E-state index in [1.54, 1.807) is 24.4 Å². The highest BCUT2D eigenvalue weighted by molar-refractivity contribution is 6.30. The molecule has 0 aliphatic carbocycles. The molecule has 0 bridgehead atoms. The number of amides is 1. The van der Waals surface area contributed by atoms with Crippen LogP contribution in [0.3, 0.4) is 0 Å². The van der Waals surface area contributed by atoms with Crippen LogP contribution >= 0.6 is 11.6 Å². The number of carbonyl (C=O) groups excluding carboxylic acids is 1. The van der Waals surface area contributed by atoms with Gasteiger partial charge >= 0.3 is 0 Å². The Hall–Kier alpha value is -3.38. The number of nitrogens with one attached hydrogen (secondary N) is 1. The Bertz CT molecular complexity index is 1130. The number of halogens is 1. The van der Waals surface area contributed by atoms with Crippen LogP contribution in [0.25, 0.3) is 0 Å². The molecule has 0 radical (unpaired) electrons. The number of pyridine rings is 1. The van der Waals surface area contributed by atoms with Crippen molar-refractivity contribution in [2.75, 3.05) is 0 Å².